The molecule has 3 aromatic rings. The first-order chi connectivity index (χ1) is 11.9. The standard InChI is InChI=1S/C19H23N5O/c1-12(2)21-18-17-16(20-11-24(5)19(17)25)10-15(22-18)13-6-8-14(9-7-13)23(3)4/h6-12H,1-5H3,(H,21,22). The lowest BCUT2D eigenvalue weighted by Gasteiger charge is -2.15. The van der Waals surface area contributed by atoms with Crippen LogP contribution < -0.4 is 15.8 Å². The molecule has 6 nitrogen and oxygen atoms in total. The second kappa shape index (κ2) is 6.55. The van der Waals surface area contributed by atoms with Crippen LogP contribution >= 0.6 is 0 Å². The van der Waals surface area contributed by atoms with E-state index in [1.54, 1.807) is 13.4 Å². The predicted molar refractivity (Wildman–Crippen MR) is 103 cm³/mol. The number of benzene rings is 1. The molecule has 25 heavy (non-hydrogen) atoms. The Morgan fingerprint density at radius 3 is 2.44 bits per heavy atom. The van der Waals surface area contributed by atoms with E-state index in [0.29, 0.717) is 16.7 Å². The second-order valence-corrected chi connectivity index (χ2v) is 6.65. The quantitative estimate of drug-likeness (QED) is 0.793. The van der Waals surface area contributed by atoms with Gasteiger partial charge in [-0.3, -0.25) is 4.79 Å². The lowest BCUT2D eigenvalue weighted by Crippen LogP contribution is -2.21. The zero-order valence-corrected chi connectivity index (χ0v) is 15.2. The first kappa shape index (κ1) is 17.0. The van der Waals surface area contributed by atoms with Crippen LogP contribution in [0.25, 0.3) is 22.2 Å². The Morgan fingerprint density at radius 1 is 1.16 bits per heavy atom. The Morgan fingerprint density at radius 2 is 1.84 bits per heavy atom. The SMILES string of the molecule is CC(C)Nc1nc(-c2ccc(N(C)C)cc2)cc2ncn(C)c(=O)c12. The van der Waals surface area contributed by atoms with Gasteiger partial charge in [-0.15, -0.1) is 0 Å². The monoisotopic (exact) mass is 337 g/mol. The minimum Gasteiger partial charge on any atom is -0.378 e. The largest absolute Gasteiger partial charge is 0.378 e. The number of aryl methyl sites for hydroxylation is 1. The van der Waals surface area contributed by atoms with E-state index in [-0.39, 0.29) is 11.6 Å². The highest BCUT2D eigenvalue weighted by Gasteiger charge is 2.14. The van der Waals surface area contributed by atoms with Crippen LogP contribution in [0.1, 0.15) is 13.8 Å². The molecule has 0 aliphatic heterocycles. The van der Waals surface area contributed by atoms with Crippen LogP contribution in [0.4, 0.5) is 11.5 Å². The zero-order chi connectivity index (χ0) is 18.1. The molecule has 1 aromatic carbocycles. The van der Waals surface area contributed by atoms with E-state index in [0.717, 1.165) is 16.9 Å². The summed E-state index contributed by atoms with van der Waals surface area (Å²) >= 11 is 0. The fourth-order valence-electron chi connectivity index (χ4n) is 2.68. The summed E-state index contributed by atoms with van der Waals surface area (Å²) in [5.41, 5.74) is 3.45. The first-order valence-electron chi connectivity index (χ1n) is 8.27. The Hall–Kier alpha value is -2.89. The Bertz CT molecular complexity index is 958. The van der Waals surface area contributed by atoms with Crippen molar-refractivity contribution < 1.29 is 0 Å². The van der Waals surface area contributed by atoms with Crippen molar-refractivity contribution >= 4 is 22.4 Å². The van der Waals surface area contributed by atoms with Crippen LogP contribution in [0.2, 0.25) is 0 Å². The maximum atomic E-state index is 12.5. The third-order valence-electron chi connectivity index (χ3n) is 4.01. The van der Waals surface area contributed by atoms with E-state index in [1.165, 1.54) is 4.57 Å². The summed E-state index contributed by atoms with van der Waals surface area (Å²) in [6, 6.07) is 10.2. The van der Waals surface area contributed by atoms with Gasteiger partial charge in [0, 0.05) is 38.4 Å². The number of fused-ring (bicyclic) bond motifs is 1. The summed E-state index contributed by atoms with van der Waals surface area (Å²) in [6.07, 6.45) is 1.54. The number of rotatable bonds is 4. The molecule has 0 fully saturated rings. The van der Waals surface area contributed by atoms with Gasteiger partial charge in [0.25, 0.3) is 5.56 Å². The van der Waals surface area contributed by atoms with Crippen molar-refractivity contribution in [1.29, 1.82) is 0 Å². The van der Waals surface area contributed by atoms with E-state index in [1.807, 2.05) is 58.3 Å². The van der Waals surface area contributed by atoms with Crippen LogP contribution in [0, 0.1) is 0 Å². The molecular formula is C19H23N5O. The Balaban J connectivity index is 2.19. The average Bonchev–Trinajstić information content (AvgIpc) is 2.57. The molecule has 0 aliphatic carbocycles. The van der Waals surface area contributed by atoms with Crippen molar-refractivity contribution in [3.8, 4) is 11.3 Å². The highest BCUT2D eigenvalue weighted by molar-refractivity contribution is 5.91. The number of pyridine rings is 1. The smallest absolute Gasteiger partial charge is 0.264 e. The molecule has 0 atom stereocenters. The van der Waals surface area contributed by atoms with E-state index < -0.39 is 0 Å². The van der Waals surface area contributed by atoms with Crippen molar-refractivity contribution in [1.82, 2.24) is 14.5 Å². The van der Waals surface area contributed by atoms with Gasteiger partial charge < -0.3 is 14.8 Å². The normalized spacial score (nSPS) is 11.1. The summed E-state index contributed by atoms with van der Waals surface area (Å²) in [7, 11) is 5.71. The molecule has 0 unspecified atom stereocenters. The fourth-order valence-corrected chi connectivity index (χ4v) is 2.68. The van der Waals surface area contributed by atoms with Crippen molar-refractivity contribution in [2.45, 2.75) is 19.9 Å². The van der Waals surface area contributed by atoms with Gasteiger partial charge in [-0.2, -0.15) is 0 Å². The molecule has 1 N–H and O–H groups in total. The van der Waals surface area contributed by atoms with Gasteiger partial charge in [0.15, 0.2) is 0 Å². The highest BCUT2D eigenvalue weighted by atomic mass is 16.1. The van der Waals surface area contributed by atoms with Crippen LogP contribution in [0.5, 0.6) is 0 Å². The van der Waals surface area contributed by atoms with Gasteiger partial charge in [-0.05, 0) is 32.0 Å². The van der Waals surface area contributed by atoms with E-state index >= 15 is 0 Å². The Kier molecular flexibility index (Phi) is 4.44. The molecule has 0 saturated heterocycles. The lowest BCUT2D eigenvalue weighted by molar-refractivity contribution is 0.839. The van der Waals surface area contributed by atoms with Crippen LogP contribution in [-0.4, -0.2) is 34.7 Å². The van der Waals surface area contributed by atoms with Gasteiger partial charge in [0.05, 0.1) is 17.5 Å². The summed E-state index contributed by atoms with van der Waals surface area (Å²) in [5, 5.41) is 3.80. The number of hydrogen-bond acceptors (Lipinski definition) is 5. The molecule has 2 heterocycles. The number of aromatic nitrogens is 3. The summed E-state index contributed by atoms with van der Waals surface area (Å²) in [5.74, 6) is 0.577. The molecule has 0 saturated carbocycles. The first-order valence-corrected chi connectivity index (χ1v) is 8.27. The van der Waals surface area contributed by atoms with Crippen molar-refractivity contribution in [2.24, 2.45) is 7.05 Å². The maximum Gasteiger partial charge on any atom is 0.264 e. The molecule has 0 aliphatic rings. The van der Waals surface area contributed by atoms with Crippen LogP contribution in [0.3, 0.4) is 0 Å². The molecule has 3 rings (SSSR count). The lowest BCUT2D eigenvalue weighted by atomic mass is 10.1. The van der Waals surface area contributed by atoms with Crippen molar-refractivity contribution in [3.63, 3.8) is 0 Å². The Labute approximate surface area is 147 Å². The van der Waals surface area contributed by atoms with E-state index in [2.05, 4.69) is 15.2 Å². The third-order valence-corrected chi connectivity index (χ3v) is 4.01. The molecule has 2 aromatic heterocycles. The fraction of sp³-hybridized carbons (Fsp3) is 0.316. The molecule has 0 amide bonds. The van der Waals surface area contributed by atoms with Gasteiger partial charge in [-0.25, -0.2) is 9.97 Å². The highest BCUT2D eigenvalue weighted by Crippen LogP contribution is 2.26. The molecule has 6 heteroatoms. The summed E-state index contributed by atoms with van der Waals surface area (Å²) < 4.78 is 1.47. The van der Waals surface area contributed by atoms with Gasteiger partial charge >= 0.3 is 0 Å². The van der Waals surface area contributed by atoms with Gasteiger partial charge in [0.1, 0.15) is 11.2 Å². The number of nitrogens with one attached hydrogen (secondary N) is 1. The number of anilines is 2. The average molecular weight is 337 g/mol. The van der Waals surface area contributed by atoms with Crippen molar-refractivity contribution in [3.05, 3.63) is 47.0 Å². The van der Waals surface area contributed by atoms with E-state index in [4.69, 9.17) is 4.98 Å². The molecule has 0 bridgehead atoms. The topological polar surface area (TPSA) is 63.1 Å². The second-order valence-electron chi connectivity index (χ2n) is 6.65. The number of nitrogens with zero attached hydrogens (tertiary/aromatic N) is 4. The zero-order valence-electron chi connectivity index (χ0n) is 15.2. The van der Waals surface area contributed by atoms with Crippen molar-refractivity contribution in [2.75, 3.05) is 24.3 Å². The summed E-state index contributed by atoms with van der Waals surface area (Å²) in [6.45, 7) is 4.04. The minimum absolute atomic E-state index is 0.102. The van der Waals surface area contributed by atoms with Crippen LogP contribution in [-0.2, 0) is 7.05 Å². The summed E-state index contributed by atoms with van der Waals surface area (Å²) in [4.78, 5) is 23.7. The maximum absolute atomic E-state index is 12.5. The van der Waals surface area contributed by atoms with E-state index in [9.17, 15) is 4.79 Å². The van der Waals surface area contributed by atoms with Gasteiger partial charge in [-0.1, -0.05) is 12.1 Å². The minimum atomic E-state index is -0.102. The van der Waals surface area contributed by atoms with Gasteiger partial charge in [0.2, 0.25) is 0 Å². The molecular weight excluding hydrogens is 314 g/mol. The van der Waals surface area contributed by atoms with Crippen LogP contribution in [0.15, 0.2) is 41.5 Å². The molecule has 0 radical (unpaired) electrons. The molecule has 0 spiro atoms. The predicted octanol–water partition coefficient (Wildman–Crippen LogP) is 2.88. The number of hydrogen-bond donors (Lipinski definition) is 1. The third kappa shape index (κ3) is 3.33. The molecule has 130 valence electrons.